The first-order valence-corrected chi connectivity index (χ1v) is 4.65. The molecule has 0 aliphatic carbocycles. The van der Waals surface area contributed by atoms with Crippen LogP contribution in [0.3, 0.4) is 0 Å². The second kappa shape index (κ2) is 4.43. The lowest BCUT2D eigenvalue weighted by atomic mass is 10.3. The van der Waals surface area contributed by atoms with E-state index in [0.29, 0.717) is 11.6 Å². The highest BCUT2D eigenvalue weighted by atomic mass is 16.5. The molecule has 6 nitrogen and oxygen atoms in total. The first-order chi connectivity index (χ1) is 7.74. The van der Waals surface area contributed by atoms with Crippen molar-refractivity contribution in [1.29, 1.82) is 0 Å². The van der Waals surface area contributed by atoms with E-state index < -0.39 is 6.03 Å². The van der Waals surface area contributed by atoms with E-state index in [9.17, 15) is 4.79 Å². The van der Waals surface area contributed by atoms with Crippen LogP contribution in [0.25, 0.3) is 0 Å². The number of urea groups is 1. The molecule has 0 bridgehead atoms. The van der Waals surface area contributed by atoms with Gasteiger partial charge in [-0.15, -0.1) is 0 Å². The summed E-state index contributed by atoms with van der Waals surface area (Å²) in [5, 5.41) is 8.62. The van der Waals surface area contributed by atoms with Crippen molar-refractivity contribution in [2.75, 3.05) is 10.6 Å². The van der Waals surface area contributed by atoms with Crippen LogP contribution in [0.5, 0.6) is 0 Å². The third-order valence-electron chi connectivity index (χ3n) is 1.84. The summed E-state index contributed by atoms with van der Waals surface area (Å²) in [5.74, 6) is 0.839. The fraction of sp³-hybridized carbons (Fsp3) is 0.100. The maximum atomic E-state index is 11.4. The molecule has 0 unspecified atom stereocenters. The molecule has 0 fully saturated rings. The van der Waals surface area contributed by atoms with Crippen molar-refractivity contribution in [3.8, 4) is 0 Å². The zero-order valence-electron chi connectivity index (χ0n) is 8.60. The standard InChI is InChI=1S/C10H10N4O2/c1-7-2-4-11-9(6-7)13-10(15)12-8-3-5-16-14-8/h2-6H,1H3,(H2,11,12,13,14,15). The van der Waals surface area contributed by atoms with Crippen molar-refractivity contribution >= 4 is 17.7 Å². The van der Waals surface area contributed by atoms with Crippen molar-refractivity contribution in [2.45, 2.75) is 6.92 Å². The van der Waals surface area contributed by atoms with E-state index in [2.05, 4.69) is 25.3 Å². The van der Waals surface area contributed by atoms with Crippen LogP contribution in [0, 0.1) is 6.92 Å². The summed E-state index contributed by atoms with van der Waals surface area (Å²) in [4.78, 5) is 15.4. The van der Waals surface area contributed by atoms with Crippen LogP contribution >= 0.6 is 0 Å². The number of amides is 2. The van der Waals surface area contributed by atoms with Gasteiger partial charge in [0.25, 0.3) is 0 Å². The minimum absolute atomic E-state index is 0.352. The van der Waals surface area contributed by atoms with E-state index in [-0.39, 0.29) is 0 Å². The molecule has 2 heterocycles. The molecule has 16 heavy (non-hydrogen) atoms. The molecular formula is C10H10N4O2. The van der Waals surface area contributed by atoms with Crippen LogP contribution < -0.4 is 10.6 Å². The number of carbonyl (C=O) groups excluding carboxylic acids is 1. The predicted molar refractivity (Wildman–Crippen MR) is 58.1 cm³/mol. The molecule has 0 aliphatic heterocycles. The molecule has 0 spiro atoms. The molecule has 2 aromatic rings. The number of hydrogen-bond acceptors (Lipinski definition) is 4. The Labute approximate surface area is 91.7 Å². The molecular weight excluding hydrogens is 208 g/mol. The van der Waals surface area contributed by atoms with Crippen LogP contribution in [0.4, 0.5) is 16.4 Å². The van der Waals surface area contributed by atoms with E-state index in [1.54, 1.807) is 18.3 Å². The summed E-state index contributed by atoms with van der Waals surface area (Å²) >= 11 is 0. The third-order valence-corrected chi connectivity index (χ3v) is 1.84. The lowest BCUT2D eigenvalue weighted by Gasteiger charge is -2.04. The molecule has 0 radical (unpaired) electrons. The van der Waals surface area contributed by atoms with Crippen molar-refractivity contribution in [2.24, 2.45) is 0 Å². The number of rotatable bonds is 2. The Morgan fingerprint density at radius 1 is 1.31 bits per heavy atom. The molecule has 2 rings (SSSR count). The molecule has 2 aromatic heterocycles. The maximum Gasteiger partial charge on any atom is 0.326 e. The molecule has 0 saturated carbocycles. The van der Waals surface area contributed by atoms with Gasteiger partial charge in [-0.05, 0) is 24.6 Å². The highest BCUT2D eigenvalue weighted by Gasteiger charge is 2.04. The number of aryl methyl sites for hydroxylation is 1. The number of carbonyl (C=O) groups is 1. The molecule has 0 atom stereocenters. The van der Waals surface area contributed by atoms with E-state index >= 15 is 0 Å². The number of nitrogens with one attached hydrogen (secondary N) is 2. The SMILES string of the molecule is Cc1ccnc(NC(=O)Nc2ccon2)c1. The summed E-state index contributed by atoms with van der Waals surface area (Å²) in [6, 6.07) is 4.75. The summed E-state index contributed by atoms with van der Waals surface area (Å²) in [6.45, 7) is 1.92. The average Bonchev–Trinajstić information content (AvgIpc) is 2.70. The third kappa shape index (κ3) is 2.57. The largest absolute Gasteiger partial charge is 0.363 e. The minimum Gasteiger partial charge on any atom is -0.363 e. The van der Waals surface area contributed by atoms with Gasteiger partial charge < -0.3 is 4.52 Å². The molecule has 82 valence electrons. The Morgan fingerprint density at radius 3 is 2.81 bits per heavy atom. The Hall–Kier alpha value is -2.37. The summed E-state index contributed by atoms with van der Waals surface area (Å²) < 4.78 is 4.58. The van der Waals surface area contributed by atoms with Crippen LogP contribution in [-0.4, -0.2) is 16.2 Å². The first kappa shape index (κ1) is 10.2. The summed E-state index contributed by atoms with van der Waals surface area (Å²) in [7, 11) is 0. The Bertz CT molecular complexity index is 481. The summed E-state index contributed by atoms with van der Waals surface area (Å²) in [6.07, 6.45) is 3.00. The molecule has 2 amide bonds. The number of hydrogen-bond donors (Lipinski definition) is 2. The number of anilines is 2. The van der Waals surface area contributed by atoms with E-state index in [0.717, 1.165) is 5.56 Å². The second-order valence-corrected chi connectivity index (χ2v) is 3.18. The highest BCUT2D eigenvalue weighted by molar-refractivity contribution is 5.98. The van der Waals surface area contributed by atoms with Crippen molar-refractivity contribution in [3.63, 3.8) is 0 Å². The molecule has 0 aliphatic rings. The Morgan fingerprint density at radius 2 is 2.12 bits per heavy atom. The van der Waals surface area contributed by atoms with Crippen LogP contribution in [0.1, 0.15) is 5.56 Å². The van der Waals surface area contributed by atoms with Gasteiger partial charge in [0.2, 0.25) is 0 Å². The lowest BCUT2D eigenvalue weighted by Crippen LogP contribution is -2.20. The molecule has 2 N–H and O–H groups in total. The van der Waals surface area contributed by atoms with Crippen molar-refractivity contribution in [3.05, 3.63) is 36.2 Å². The van der Waals surface area contributed by atoms with Gasteiger partial charge >= 0.3 is 6.03 Å². The van der Waals surface area contributed by atoms with Gasteiger partial charge in [-0.1, -0.05) is 5.16 Å². The van der Waals surface area contributed by atoms with E-state index in [4.69, 9.17) is 0 Å². The molecule has 0 saturated heterocycles. The van der Waals surface area contributed by atoms with Gasteiger partial charge in [0.1, 0.15) is 12.1 Å². The van der Waals surface area contributed by atoms with Crippen LogP contribution in [-0.2, 0) is 0 Å². The monoisotopic (exact) mass is 218 g/mol. The molecule has 6 heteroatoms. The van der Waals surface area contributed by atoms with E-state index in [1.807, 2.05) is 13.0 Å². The van der Waals surface area contributed by atoms with E-state index in [1.165, 1.54) is 6.26 Å². The quantitative estimate of drug-likeness (QED) is 0.808. The van der Waals surface area contributed by atoms with Gasteiger partial charge in [0, 0.05) is 12.3 Å². The zero-order chi connectivity index (χ0) is 11.4. The number of aromatic nitrogens is 2. The predicted octanol–water partition coefficient (Wildman–Crippen LogP) is 2.02. The number of pyridine rings is 1. The van der Waals surface area contributed by atoms with Gasteiger partial charge in [-0.3, -0.25) is 10.6 Å². The average molecular weight is 218 g/mol. The lowest BCUT2D eigenvalue weighted by molar-refractivity contribution is 0.262. The van der Waals surface area contributed by atoms with Gasteiger partial charge in [-0.2, -0.15) is 0 Å². The number of nitrogens with zero attached hydrogens (tertiary/aromatic N) is 2. The van der Waals surface area contributed by atoms with Gasteiger partial charge in [0.05, 0.1) is 0 Å². The van der Waals surface area contributed by atoms with Crippen LogP contribution in [0.2, 0.25) is 0 Å². The normalized spacial score (nSPS) is 9.81. The smallest absolute Gasteiger partial charge is 0.326 e. The van der Waals surface area contributed by atoms with Crippen molar-refractivity contribution in [1.82, 2.24) is 10.1 Å². The molecule has 0 aromatic carbocycles. The Balaban J connectivity index is 1.97. The zero-order valence-corrected chi connectivity index (χ0v) is 8.60. The topological polar surface area (TPSA) is 80.0 Å². The fourth-order valence-electron chi connectivity index (χ4n) is 1.15. The van der Waals surface area contributed by atoms with Gasteiger partial charge in [-0.25, -0.2) is 9.78 Å². The first-order valence-electron chi connectivity index (χ1n) is 4.65. The van der Waals surface area contributed by atoms with Gasteiger partial charge in [0.15, 0.2) is 5.82 Å². The summed E-state index contributed by atoms with van der Waals surface area (Å²) in [5.41, 5.74) is 1.02. The van der Waals surface area contributed by atoms with Crippen LogP contribution in [0.15, 0.2) is 35.2 Å². The highest BCUT2D eigenvalue weighted by Crippen LogP contribution is 2.06. The second-order valence-electron chi connectivity index (χ2n) is 3.18. The van der Waals surface area contributed by atoms with Crippen molar-refractivity contribution < 1.29 is 9.32 Å². The minimum atomic E-state index is -0.410. The Kier molecular flexibility index (Phi) is 2.81. The fourth-order valence-corrected chi connectivity index (χ4v) is 1.15. The maximum absolute atomic E-state index is 11.4.